The Labute approximate surface area is 235 Å². The highest BCUT2D eigenvalue weighted by Crippen LogP contribution is 2.13. The van der Waals surface area contributed by atoms with Crippen LogP contribution in [-0.4, -0.2) is 68.9 Å². The number of esters is 2. The first kappa shape index (κ1) is 30.4. The number of nitrogens with zero attached hydrogens (tertiary/aromatic N) is 5. The van der Waals surface area contributed by atoms with E-state index < -0.39 is 18.0 Å². The van der Waals surface area contributed by atoms with Crippen LogP contribution >= 0.6 is 0 Å². The zero-order valence-corrected chi connectivity index (χ0v) is 23.4. The van der Waals surface area contributed by atoms with Gasteiger partial charge in [0.25, 0.3) is 5.91 Å². The summed E-state index contributed by atoms with van der Waals surface area (Å²) in [6.45, 7) is 5.06. The minimum Gasteiger partial charge on any atom is -0.462 e. The Morgan fingerprint density at radius 2 is 1.43 bits per heavy atom. The Morgan fingerprint density at radius 3 is 1.93 bits per heavy atom. The quantitative estimate of drug-likeness (QED) is 0.207. The van der Waals surface area contributed by atoms with Crippen molar-refractivity contribution in [2.45, 2.75) is 58.8 Å². The SMILES string of the molecule is CC(=O)OCC(CCCCN(C)C(=O)c1ccc(CN(Cc2ccccn2)Cc2ccccn2)nc1)OC(C)=O. The molecule has 0 aliphatic rings. The number of carbonyl (C=O) groups excluding carboxylic acids is 3. The van der Waals surface area contributed by atoms with Gasteiger partial charge in [0.15, 0.2) is 0 Å². The summed E-state index contributed by atoms with van der Waals surface area (Å²) in [5.74, 6) is -0.956. The Hall–Kier alpha value is -4.18. The number of unbranched alkanes of at least 4 members (excludes halogenated alkanes) is 1. The number of rotatable bonds is 15. The molecule has 1 unspecified atom stereocenters. The Bertz CT molecular complexity index is 1170. The number of aromatic nitrogens is 3. The van der Waals surface area contributed by atoms with E-state index in [1.807, 2.05) is 42.5 Å². The smallest absolute Gasteiger partial charge is 0.303 e. The van der Waals surface area contributed by atoms with Gasteiger partial charge >= 0.3 is 11.9 Å². The lowest BCUT2D eigenvalue weighted by Crippen LogP contribution is -2.29. The summed E-state index contributed by atoms with van der Waals surface area (Å²) >= 11 is 0. The van der Waals surface area contributed by atoms with Crippen LogP contribution in [0.2, 0.25) is 0 Å². The maximum absolute atomic E-state index is 12.9. The third-order valence-corrected chi connectivity index (χ3v) is 6.10. The monoisotopic (exact) mass is 547 g/mol. The van der Waals surface area contributed by atoms with E-state index in [9.17, 15) is 14.4 Å². The molecule has 10 nitrogen and oxygen atoms in total. The van der Waals surface area contributed by atoms with Crippen LogP contribution in [0.5, 0.6) is 0 Å². The normalized spacial score (nSPS) is 11.6. The molecule has 212 valence electrons. The minimum absolute atomic E-state index is 0.0306. The molecule has 0 spiro atoms. The van der Waals surface area contributed by atoms with Gasteiger partial charge in [0, 0.05) is 65.7 Å². The van der Waals surface area contributed by atoms with Gasteiger partial charge in [-0.1, -0.05) is 12.1 Å². The predicted molar refractivity (Wildman–Crippen MR) is 149 cm³/mol. The van der Waals surface area contributed by atoms with Gasteiger partial charge in [-0.2, -0.15) is 0 Å². The second kappa shape index (κ2) is 16.0. The highest BCUT2D eigenvalue weighted by Gasteiger charge is 2.16. The van der Waals surface area contributed by atoms with Crippen molar-refractivity contribution < 1.29 is 23.9 Å². The maximum atomic E-state index is 12.9. The van der Waals surface area contributed by atoms with E-state index in [1.165, 1.54) is 13.8 Å². The second-order valence-corrected chi connectivity index (χ2v) is 9.58. The molecule has 0 saturated heterocycles. The average molecular weight is 548 g/mol. The van der Waals surface area contributed by atoms with Gasteiger partial charge in [0.1, 0.15) is 12.7 Å². The summed E-state index contributed by atoms with van der Waals surface area (Å²) in [4.78, 5) is 52.7. The molecule has 0 fully saturated rings. The van der Waals surface area contributed by atoms with Crippen LogP contribution in [0, 0.1) is 0 Å². The van der Waals surface area contributed by atoms with Crippen molar-refractivity contribution in [1.82, 2.24) is 24.8 Å². The molecule has 10 heteroatoms. The van der Waals surface area contributed by atoms with Gasteiger partial charge in [0.05, 0.1) is 22.6 Å². The molecule has 3 aromatic rings. The van der Waals surface area contributed by atoms with Crippen molar-refractivity contribution in [3.8, 4) is 0 Å². The summed E-state index contributed by atoms with van der Waals surface area (Å²) in [6, 6.07) is 15.4. The molecule has 0 radical (unpaired) electrons. The van der Waals surface area contributed by atoms with Crippen LogP contribution in [-0.2, 0) is 38.7 Å². The van der Waals surface area contributed by atoms with Crippen molar-refractivity contribution >= 4 is 17.8 Å². The predicted octanol–water partition coefficient (Wildman–Crippen LogP) is 3.81. The van der Waals surface area contributed by atoms with Gasteiger partial charge in [-0.3, -0.25) is 34.2 Å². The number of carbonyl (C=O) groups is 3. The molecule has 3 heterocycles. The summed E-state index contributed by atoms with van der Waals surface area (Å²) < 4.78 is 10.2. The Balaban J connectivity index is 1.52. The summed E-state index contributed by atoms with van der Waals surface area (Å²) in [7, 11) is 1.75. The summed E-state index contributed by atoms with van der Waals surface area (Å²) in [6.07, 6.45) is 6.64. The molecule has 40 heavy (non-hydrogen) atoms. The fraction of sp³-hybridized carbons (Fsp3) is 0.400. The molecule has 1 atom stereocenters. The molecule has 0 bridgehead atoms. The van der Waals surface area contributed by atoms with E-state index in [0.29, 0.717) is 51.0 Å². The highest BCUT2D eigenvalue weighted by atomic mass is 16.6. The zero-order valence-electron chi connectivity index (χ0n) is 23.4. The first-order chi connectivity index (χ1) is 19.3. The van der Waals surface area contributed by atoms with Crippen LogP contribution in [0.4, 0.5) is 0 Å². The summed E-state index contributed by atoms with van der Waals surface area (Å²) in [5.41, 5.74) is 3.27. The fourth-order valence-electron chi connectivity index (χ4n) is 4.15. The van der Waals surface area contributed by atoms with E-state index >= 15 is 0 Å². The maximum Gasteiger partial charge on any atom is 0.303 e. The summed E-state index contributed by atoms with van der Waals surface area (Å²) in [5, 5.41) is 0. The number of hydrogen-bond acceptors (Lipinski definition) is 9. The van der Waals surface area contributed by atoms with Crippen LogP contribution in [0.25, 0.3) is 0 Å². The van der Waals surface area contributed by atoms with Gasteiger partial charge in [-0.05, 0) is 55.7 Å². The topological polar surface area (TPSA) is 115 Å². The van der Waals surface area contributed by atoms with E-state index in [2.05, 4.69) is 19.9 Å². The average Bonchev–Trinajstić information content (AvgIpc) is 2.94. The third-order valence-electron chi connectivity index (χ3n) is 6.10. The van der Waals surface area contributed by atoms with Crippen molar-refractivity contribution in [1.29, 1.82) is 0 Å². The Morgan fingerprint density at radius 1 is 0.800 bits per heavy atom. The van der Waals surface area contributed by atoms with E-state index in [1.54, 1.807) is 36.6 Å². The highest BCUT2D eigenvalue weighted by molar-refractivity contribution is 5.93. The van der Waals surface area contributed by atoms with Crippen molar-refractivity contribution in [3.63, 3.8) is 0 Å². The van der Waals surface area contributed by atoms with Crippen LogP contribution in [0.1, 0.15) is 60.5 Å². The van der Waals surface area contributed by atoms with Gasteiger partial charge in [-0.15, -0.1) is 0 Å². The van der Waals surface area contributed by atoms with E-state index in [4.69, 9.17) is 9.47 Å². The van der Waals surface area contributed by atoms with Crippen LogP contribution in [0.3, 0.4) is 0 Å². The molecule has 0 aromatic carbocycles. The number of pyridine rings is 3. The first-order valence-corrected chi connectivity index (χ1v) is 13.3. The lowest BCUT2D eigenvalue weighted by molar-refractivity contribution is -0.156. The molecule has 0 aliphatic carbocycles. The first-order valence-electron chi connectivity index (χ1n) is 13.3. The molecular formula is C30H37N5O5. The van der Waals surface area contributed by atoms with Crippen molar-refractivity contribution in [3.05, 3.63) is 89.8 Å². The lowest BCUT2D eigenvalue weighted by atomic mass is 10.1. The number of ether oxygens (including phenoxy) is 2. The van der Waals surface area contributed by atoms with Crippen molar-refractivity contribution in [2.24, 2.45) is 0 Å². The van der Waals surface area contributed by atoms with Crippen molar-refractivity contribution in [2.75, 3.05) is 20.2 Å². The van der Waals surface area contributed by atoms with Gasteiger partial charge < -0.3 is 14.4 Å². The van der Waals surface area contributed by atoms with Crippen LogP contribution in [0.15, 0.2) is 67.1 Å². The standard InChI is InChI=1S/C30H37N5O5/c1-23(36)39-22-29(40-24(2)37)12-6-9-17-34(3)30(38)25-13-14-28(33-18-25)21-35(19-26-10-4-7-15-31-26)20-27-11-5-8-16-32-27/h4-5,7-8,10-11,13-16,18,29H,6,9,12,17,19-22H2,1-3H3. The second-order valence-electron chi connectivity index (χ2n) is 9.58. The lowest BCUT2D eigenvalue weighted by Gasteiger charge is -2.22. The van der Waals surface area contributed by atoms with E-state index in [0.717, 1.165) is 17.1 Å². The minimum atomic E-state index is -0.492. The number of amides is 1. The molecule has 0 N–H and O–H groups in total. The fourth-order valence-corrected chi connectivity index (χ4v) is 4.15. The molecular weight excluding hydrogens is 510 g/mol. The number of hydrogen-bond donors (Lipinski definition) is 0. The largest absolute Gasteiger partial charge is 0.462 e. The van der Waals surface area contributed by atoms with E-state index in [-0.39, 0.29) is 12.5 Å². The van der Waals surface area contributed by atoms with Gasteiger partial charge in [0.2, 0.25) is 0 Å². The molecule has 0 aliphatic heterocycles. The van der Waals surface area contributed by atoms with Gasteiger partial charge in [-0.25, -0.2) is 0 Å². The Kier molecular flexibility index (Phi) is 12.2. The van der Waals surface area contributed by atoms with Crippen LogP contribution < -0.4 is 0 Å². The third kappa shape index (κ3) is 10.9. The molecule has 0 saturated carbocycles. The molecule has 3 aromatic heterocycles. The zero-order chi connectivity index (χ0) is 28.7. The molecule has 3 rings (SSSR count). The molecule has 1 amide bonds.